The molecule has 2 aliphatic rings. The molecule has 36 heavy (non-hydrogen) atoms. The van der Waals surface area contributed by atoms with Crippen LogP contribution < -0.4 is 10.1 Å². The van der Waals surface area contributed by atoms with Crippen molar-refractivity contribution in [2.75, 3.05) is 25.0 Å². The van der Waals surface area contributed by atoms with Gasteiger partial charge in [-0.3, -0.25) is 4.79 Å². The second-order valence-electron chi connectivity index (χ2n) is 9.66. The van der Waals surface area contributed by atoms with Gasteiger partial charge in [0.25, 0.3) is 0 Å². The third-order valence-electron chi connectivity index (χ3n) is 7.11. The number of rotatable bonds is 5. The molecule has 1 unspecified atom stereocenters. The molecular weight excluding hydrogens is 458 g/mol. The highest BCUT2D eigenvalue weighted by molar-refractivity contribution is 5.96. The Bertz CT molecular complexity index is 1280. The van der Waals surface area contributed by atoms with E-state index in [9.17, 15) is 13.6 Å². The monoisotopic (exact) mass is 488 g/mol. The molecule has 0 aliphatic carbocycles. The molecule has 186 valence electrons. The number of amides is 1. The Morgan fingerprint density at radius 3 is 2.64 bits per heavy atom. The van der Waals surface area contributed by atoms with Crippen LogP contribution in [0.3, 0.4) is 0 Å². The van der Waals surface area contributed by atoms with Gasteiger partial charge < -0.3 is 15.0 Å². The van der Waals surface area contributed by atoms with Crippen molar-refractivity contribution in [3.05, 3.63) is 94.0 Å². The highest BCUT2D eigenvalue weighted by Crippen LogP contribution is 2.39. The number of hydrogen-bond donors (Lipinski definition) is 1. The van der Waals surface area contributed by atoms with Gasteiger partial charge in [0.05, 0.1) is 0 Å². The molecule has 2 heterocycles. The minimum atomic E-state index is -0.394. The molecule has 1 N–H and O–H groups in total. The molecule has 1 amide bonds. The Morgan fingerprint density at radius 1 is 1.08 bits per heavy atom. The average Bonchev–Trinajstić information content (AvgIpc) is 3.25. The Hall–Kier alpha value is -3.51. The van der Waals surface area contributed by atoms with Crippen LogP contribution in [0.1, 0.15) is 47.6 Å². The van der Waals surface area contributed by atoms with E-state index in [2.05, 4.69) is 17.1 Å². The van der Waals surface area contributed by atoms with E-state index in [1.54, 1.807) is 12.1 Å². The minimum absolute atomic E-state index is 0.0235. The molecule has 0 radical (unpaired) electrons. The molecule has 2 aliphatic heterocycles. The molecule has 4 nitrogen and oxygen atoms in total. The maximum Gasteiger partial charge on any atom is 0.224 e. The lowest BCUT2D eigenvalue weighted by atomic mass is 9.92. The van der Waals surface area contributed by atoms with Crippen LogP contribution in [0.5, 0.6) is 5.75 Å². The summed E-state index contributed by atoms with van der Waals surface area (Å²) < 4.78 is 33.8. The van der Waals surface area contributed by atoms with E-state index in [0.717, 1.165) is 59.6 Å². The van der Waals surface area contributed by atoms with E-state index >= 15 is 0 Å². The molecule has 0 aromatic heterocycles. The van der Waals surface area contributed by atoms with Crippen molar-refractivity contribution in [2.24, 2.45) is 5.92 Å². The van der Waals surface area contributed by atoms with Crippen molar-refractivity contribution in [1.29, 1.82) is 0 Å². The lowest BCUT2D eigenvalue weighted by molar-refractivity contribution is -0.117. The summed E-state index contributed by atoms with van der Waals surface area (Å²) in [6.45, 7) is 7.30. The van der Waals surface area contributed by atoms with Gasteiger partial charge in [-0.05, 0) is 91.0 Å². The molecule has 3 aromatic carbocycles. The van der Waals surface area contributed by atoms with Gasteiger partial charge in [0.1, 0.15) is 24.0 Å². The lowest BCUT2D eigenvalue weighted by Gasteiger charge is -2.15. The van der Waals surface area contributed by atoms with Crippen molar-refractivity contribution in [1.82, 2.24) is 4.90 Å². The number of nitrogens with one attached hydrogen (secondary N) is 1. The van der Waals surface area contributed by atoms with E-state index < -0.39 is 5.82 Å². The molecule has 1 atom stereocenters. The quantitative estimate of drug-likeness (QED) is 0.450. The van der Waals surface area contributed by atoms with Gasteiger partial charge in [-0.25, -0.2) is 8.78 Å². The summed E-state index contributed by atoms with van der Waals surface area (Å²) in [6, 6.07) is 14.9. The maximum absolute atomic E-state index is 14.0. The number of likely N-dealkylation sites (tertiary alicyclic amines) is 1. The number of anilines is 1. The second kappa shape index (κ2) is 10.2. The molecule has 0 spiro atoms. The van der Waals surface area contributed by atoms with Crippen LogP contribution in [0.15, 0.2) is 54.6 Å². The van der Waals surface area contributed by atoms with Gasteiger partial charge in [-0.1, -0.05) is 25.1 Å². The lowest BCUT2D eigenvalue weighted by Crippen LogP contribution is -2.22. The molecular formula is C30H30F2N2O2. The number of carbonyl (C=O) groups excluding carboxylic acids is 1. The molecule has 1 saturated heterocycles. The van der Waals surface area contributed by atoms with E-state index in [4.69, 9.17) is 4.74 Å². The fraction of sp³-hybridized carbons (Fsp3) is 0.300. The molecule has 3 aromatic rings. The summed E-state index contributed by atoms with van der Waals surface area (Å²) in [5.74, 6) is 0.0790. The zero-order chi connectivity index (χ0) is 25.2. The van der Waals surface area contributed by atoms with Crippen LogP contribution >= 0.6 is 0 Å². The number of carbonyl (C=O) groups is 1. The summed E-state index contributed by atoms with van der Waals surface area (Å²) in [7, 11) is 0. The van der Waals surface area contributed by atoms with E-state index in [1.165, 1.54) is 24.3 Å². The summed E-state index contributed by atoms with van der Waals surface area (Å²) in [5.41, 5.74) is 5.67. The zero-order valence-electron chi connectivity index (χ0n) is 20.6. The first-order valence-electron chi connectivity index (χ1n) is 12.5. The number of benzene rings is 3. The van der Waals surface area contributed by atoms with E-state index in [1.807, 2.05) is 31.2 Å². The van der Waals surface area contributed by atoms with Crippen molar-refractivity contribution in [3.8, 4) is 5.75 Å². The van der Waals surface area contributed by atoms with Crippen LogP contribution in [0.25, 0.3) is 11.6 Å². The van der Waals surface area contributed by atoms with Gasteiger partial charge in [0.15, 0.2) is 0 Å². The van der Waals surface area contributed by atoms with Gasteiger partial charge >= 0.3 is 0 Å². The Kier molecular flexibility index (Phi) is 6.88. The topological polar surface area (TPSA) is 41.6 Å². The minimum Gasteiger partial charge on any atom is -0.488 e. The zero-order valence-corrected chi connectivity index (χ0v) is 20.6. The third kappa shape index (κ3) is 5.19. The SMILES string of the molecule is CCN1CCC(CC(=O)Nc2cc(/C=C3\c4ccc(F)cc4COc4cc(F)ccc43)ccc2C)C1. The molecule has 1 fully saturated rings. The summed E-state index contributed by atoms with van der Waals surface area (Å²) in [4.78, 5) is 15.2. The van der Waals surface area contributed by atoms with Crippen molar-refractivity contribution < 1.29 is 18.3 Å². The van der Waals surface area contributed by atoms with Gasteiger partial charge in [0.2, 0.25) is 5.91 Å². The molecule has 6 heteroatoms. The summed E-state index contributed by atoms with van der Waals surface area (Å²) in [6.07, 6.45) is 3.54. The Balaban J connectivity index is 1.47. The normalized spacial score (nSPS) is 18.3. The van der Waals surface area contributed by atoms with Crippen LogP contribution in [0, 0.1) is 24.5 Å². The second-order valence-corrected chi connectivity index (χ2v) is 9.66. The first kappa shape index (κ1) is 24.2. The predicted molar refractivity (Wildman–Crippen MR) is 139 cm³/mol. The summed E-state index contributed by atoms with van der Waals surface area (Å²) in [5, 5.41) is 3.10. The number of hydrogen-bond acceptors (Lipinski definition) is 3. The third-order valence-corrected chi connectivity index (χ3v) is 7.11. The number of halogens is 2. The number of nitrogens with zero attached hydrogens (tertiary/aromatic N) is 1. The average molecular weight is 489 g/mol. The van der Waals surface area contributed by atoms with Crippen LogP contribution in [0.2, 0.25) is 0 Å². The van der Waals surface area contributed by atoms with Gasteiger partial charge in [0, 0.05) is 35.8 Å². The Labute approximate surface area is 210 Å². The van der Waals surface area contributed by atoms with Crippen LogP contribution in [0.4, 0.5) is 14.5 Å². The van der Waals surface area contributed by atoms with Crippen LogP contribution in [-0.4, -0.2) is 30.4 Å². The first-order chi connectivity index (χ1) is 17.4. The van der Waals surface area contributed by atoms with Crippen molar-refractivity contribution in [3.63, 3.8) is 0 Å². The standard InChI is InChI=1S/C30H30F2N2O2/c1-3-34-11-10-21(17-34)14-30(35)33-28-13-20(5-4-19(28)2)12-27-25-8-6-23(31)15-22(25)18-36-29-16-24(32)7-9-26(27)29/h4-9,12-13,15-16,21H,3,10-11,14,17-18H2,1-2H3,(H,33,35)/b27-12+. The molecule has 0 saturated carbocycles. The maximum atomic E-state index is 14.0. The fourth-order valence-corrected chi connectivity index (χ4v) is 5.10. The number of fused-ring (bicyclic) bond motifs is 2. The molecule has 5 rings (SSSR count). The smallest absolute Gasteiger partial charge is 0.224 e. The number of ether oxygens (including phenoxy) is 1. The number of aryl methyl sites for hydroxylation is 1. The molecule has 0 bridgehead atoms. The van der Waals surface area contributed by atoms with Crippen LogP contribution in [-0.2, 0) is 11.4 Å². The van der Waals surface area contributed by atoms with E-state index in [-0.39, 0.29) is 18.3 Å². The largest absolute Gasteiger partial charge is 0.488 e. The van der Waals surface area contributed by atoms with E-state index in [0.29, 0.717) is 23.7 Å². The fourth-order valence-electron chi connectivity index (χ4n) is 5.10. The highest BCUT2D eigenvalue weighted by Gasteiger charge is 2.24. The van der Waals surface area contributed by atoms with Crippen molar-refractivity contribution in [2.45, 2.75) is 33.3 Å². The predicted octanol–water partition coefficient (Wildman–Crippen LogP) is 6.42. The summed E-state index contributed by atoms with van der Waals surface area (Å²) >= 11 is 0. The van der Waals surface area contributed by atoms with Gasteiger partial charge in [-0.2, -0.15) is 0 Å². The first-order valence-corrected chi connectivity index (χ1v) is 12.5. The Morgan fingerprint density at radius 2 is 1.86 bits per heavy atom. The van der Waals surface area contributed by atoms with Crippen molar-refractivity contribution >= 4 is 23.2 Å². The van der Waals surface area contributed by atoms with Gasteiger partial charge in [-0.15, -0.1) is 0 Å². The highest BCUT2D eigenvalue weighted by atomic mass is 19.1.